The smallest absolute Gasteiger partial charge is 0.338 e. The van der Waals surface area contributed by atoms with Gasteiger partial charge in [-0.05, 0) is 43.2 Å². The van der Waals surface area contributed by atoms with Crippen molar-refractivity contribution >= 4 is 17.6 Å². The third-order valence-corrected chi connectivity index (χ3v) is 4.68. The van der Waals surface area contributed by atoms with Crippen molar-refractivity contribution in [3.8, 4) is 0 Å². The highest BCUT2D eigenvalue weighted by molar-refractivity contribution is 5.96. The molecule has 0 unspecified atom stereocenters. The highest BCUT2D eigenvalue weighted by Gasteiger charge is 2.13. The fraction of sp³-hybridized carbons (Fsp3) is 0.364. The van der Waals surface area contributed by atoms with Crippen molar-refractivity contribution in [1.82, 2.24) is 4.90 Å². The number of benzene rings is 2. The van der Waals surface area contributed by atoms with Crippen molar-refractivity contribution in [3.05, 3.63) is 64.7 Å². The van der Waals surface area contributed by atoms with Crippen LogP contribution in [-0.2, 0) is 20.8 Å². The van der Waals surface area contributed by atoms with Crippen LogP contribution in [0.4, 0.5) is 5.69 Å². The van der Waals surface area contributed by atoms with E-state index >= 15 is 0 Å². The molecular formula is C22H26N2O4. The zero-order chi connectivity index (χ0) is 19.9. The van der Waals surface area contributed by atoms with Crippen molar-refractivity contribution < 1.29 is 19.1 Å². The van der Waals surface area contributed by atoms with Gasteiger partial charge < -0.3 is 14.8 Å². The van der Waals surface area contributed by atoms with Gasteiger partial charge in [0.1, 0.15) is 0 Å². The maximum absolute atomic E-state index is 12.2. The number of aryl methyl sites for hydroxylation is 2. The number of carbonyl (C=O) groups excluding carboxylic acids is 2. The summed E-state index contributed by atoms with van der Waals surface area (Å²) in [5.74, 6) is -0.854. The molecule has 0 aromatic heterocycles. The van der Waals surface area contributed by atoms with E-state index in [2.05, 4.69) is 10.2 Å². The second-order valence-corrected chi connectivity index (χ2v) is 7.03. The van der Waals surface area contributed by atoms with E-state index in [1.807, 2.05) is 50.2 Å². The van der Waals surface area contributed by atoms with Crippen LogP contribution in [0.2, 0.25) is 0 Å². The van der Waals surface area contributed by atoms with Crippen LogP contribution in [0.25, 0.3) is 0 Å². The summed E-state index contributed by atoms with van der Waals surface area (Å²) in [6, 6.07) is 13.2. The Balaban J connectivity index is 1.47. The molecule has 1 N–H and O–H groups in total. The number of anilines is 1. The number of nitrogens with zero attached hydrogens (tertiary/aromatic N) is 1. The Morgan fingerprint density at radius 3 is 2.46 bits per heavy atom. The second kappa shape index (κ2) is 9.48. The molecule has 1 amide bonds. The topological polar surface area (TPSA) is 67.9 Å². The van der Waals surface area contributed by atoms with E-state index in [1.54, 1.807) is 6.07 Å². The molecule has 1 fully saturated rings. The minimum absolute atomic E-state index is 0.318. The number of morpholine rings is 1. The predicted molar refractivity (Wildman–Crippen MR) is 107 cm³/mol. The summed E-state index contributed by atoms with van der Waals surface area (Å²) < 4.78 is 10.5. The third-order valence-electron chi connectivity index (χ3n) is 4.68. The number of rotatable bonds is 6. The second-order valence-electron chi connectivity index (χ2n) is 7.03. The van der Waals surface area contributed by atoms with Gasteiger partial charge in [0, 0.05) is 25.3 Å². The molecule has 3 rings (SSSR count). The Bertz CT molecular complexity index is 827. The van der Waals surface area contributed by atoms with E-state index in [-0.39, 0.29) is 12.5 Å². The lowest BCUT2D eigenvalue weighted by molar-refractivity contribution is -0.119. The average Bonchev–Trinajstić information content (AvgIpc) is 2.68. The minimum Gasteiger partial charge on any atom is -0.452 e. The Morgan fingerprint density at radius 2 is 1.79 bits per heavy atom. The van der Waals surface area contributed by atoms with Crippen molar-refractivity contribution in [2.45, 2.75) is 20.4 Å². The molecule has 1 heterocycles. The standard InChI is InChI=1S/C22H26N2O4/c1-16-3-8-20(17(2)13-16)22(26)28-15-21(25)23-19-6-4-18(5-7-19)14-24-9-11-27-12-10-24/h3-8,13H,9-12,14-15H2,1-2H3,(H,23,25). The largest absolute Gasteiger partial charge is 0.452 e. The Morgan fingerprint density at radius 1 is 1.07 bits per heavy atom. The van der Waals surface area contributed by atoms with Gasteiger partial charge in [0.25, 0.3) is 5.91 Å². The van der Waals surface area contributed by atoms with Crippen molar-refractivity contribution in [2.75, 3.05) is 38.2 Å². The molecular weight excluding hydrogens is 356 g/mol. The van der Waals surface area contributed by atoms with Crippen LogP contribution in [0.1, 0.15) is 27.0 Å². The SMILES string of the molecule is Cc1ccc(C(=O)OCC(=O)Nc2ccc(CN3CCOCC3)cc2)c(C)c1. The predicted octanol–water partition coefficient (Wildman–Crippen LogP) is 2.93. The van der Waals surface area contributed by atoms with Crippen LogP contribution >= 0.6 is 0 Å². The van der Waals surface area contributed by atoms with Gasteiger partial charge in [0.05, 0.1) is 18.8 Å². The summed E-state index contributed by atoms with van der Waals surface area (Å²) in [5.41, 5.74) is 4.25. The van der Waals surface area contributed by atoms with Crippen LogP contribution < -0.4 is 5.32 Å². The first-order valence-electron chi connectivity index (χ1n) is 9.44. The summed E-state index contributed by atoms with van der Waals surface area (Å²) in [6.45, 7) is 7.77. The number of nitrogens with one attached hydrogen (secondary N) is 1. The first kappa shape index (κ1) is 20.0. The average molecular weight is 382 g/mol. The third kappa shape index (κ3) is 5.65. The minimum atomic E-state index is -0.492. The molecule has 6 nitrogen and oxygen atoms in total. The lowest BCUT2D eigenvalue weighted by atomic mass is 10.1. The lowest BCUT2D eigenvalue weighted by Crippen LogP contribution is -2.35. The molecule has 0 atom stereocenters. The van der Waals surface area contributed by atoms with Crippen molar-refractivity contribution in [1.29, 1.82) is 0 Å². The van der Waals surface area contributed by atoms with E-state index in [9.17, 15) is 9.59 Å². The highest BCUT2D eigenvalue weighted by atomic mass is 16.5. The van der Waals surface area contributed by atoms with Gasteiger partial charge in [0.15, 0.2) is 6.61 Å². The molecule has 0 saturated carbocycles. The summed E-state index contributed by atoms with van der Waals surface area (Å²) in [5, 5.41) is 2.75. The first-order chi connectivity index (χ1) is 13.5. The molecule has 148 valence electrons. The molecule has 1 aliphatic rings. The number of carbonyl (C=O) groups is 2. The van der Waals surface area contributed by atoms with E-state index in [1.165, 1.54) is 5.56 Å². The number of hydrogen-bond donors (Lipinski definition) is 1. The van der Waals surface area contributed by atoms with Crippen molar-refractivity contribution in [3.63, 3.8) is 0 Å². The molecule has 0 spiro atoms. The van der Waals surface area contributed by atoms with E-state index in [0.717, 1.165) is 44.0 Å². The van der Waals surface area contributed by atoms with Gasteiger partial charge in [0.2, 0.25) is 0 Å². The summed E-state index contributed by atoms with van der Waals surface area (Å²) >= 11 is 0. The van der Waals surface area contributed by atoms with Gasteiger partial charge in [-0.25, -0.2) is 4.79 Å². The van der Waals surface area contributed by atoms with Crippen LogP contribution in [0, 0.1) is 13.8 Å². The fourth-order valence-electron chi connectivity index (χ4n) is 3.16. The quantitative estimate of drug-likeness (QED) is 0.778. The monoisotopic (exact) mass is 382 g/mol. The Labute approximate surface area is 165 Å². The van der Waals surface area contributed by atoms with Crippen LogP contribution in [0.3, 0.4) is 0 Å². The zero-order valence-corrected chi connectivity index (χ0v) is 16.4. The van der Waals surface area contributed by atoms with Gasteiger partial charge in [-0.3, -0.25) is 9.69 Å². The van der Waals surface area contributed by atoms with Gasteiger partial charge in [-0.2, -0.15) is 0 Å². The number of amides is 1. The first-order valence-corrected chi connectivity index (χ1v) is 9.44. The number of ether oxygens (including phenoxy) is 2. The maximum atomic E-state index is 12.2. The Kier molecular flexibility index (Phi) is 6.79. The summed E-state index contributed by atoms with van der Waals surface area (Å²) in [4.78, 5) is 26.6. The van der Waals surface area contributed by atoms with Gasteiger partial charge in [-0.1, -0.05) is 29.8 Å². The Hall–Kier alpha value is -2.70. The highest BCUT2D eigenvalue weighted by Crippen LogP contribution is 2.14. The van der Waals surface area contributed by atoms with Crippen molar-refractivity contribution in [2.24, 2.45) is 0 Å². The van der Waals surface area contributed by atoms with E-state index in [4.69, 9.17) is 9.47 Å². The molecule has 2 aromatic rings. The number of esters is 1. The van der Waals surface area contributed by atoms with E-state index < -0.39 is 5.97 Å². The fourth-order valence-corrected chi connectivity index (χ4v) is 3.16. The maximum Gasteiger partial charge on any atom is 0.338 e. The summed E-state index contributed by atoms with van der Waals surface area (Å²) in [6.07, 6.45) is 0. The summed E-state index contributed by atoms with van der Waals surface area (Å²) in [7, 11) is 0. The van der Waals surface area contributed by atoms with Gasteiger partial charge in [-0.15, -0.1) is 0 Å². The van der Waals surface area contributed by atoms with E-state index in [0.29, 0.717) is 11.3 Å². The molecule has 6 heteroatoms. The number of hydrogen-bond acceptors (Lipinski definition) is 5. The molecule has 1 saturated heterocycles. The molecule has 1 aliphatic heterocycles. The normalized spacial score (nSPS) is 14.5. The molecule has 0 radical (unpaired) electrons. The molecule has 2 aromatic carbocycles. The van der Waals surface area contributed by atoms with Gasteiger partial charge >= 0.3 is 5.97 Å². The van der Waals surface area contributed by atoms with Crippen LogP contribution in [0.5, 0.6) is 0 Å². The van der Waals surface area contributed by atoms with Crippen LogP contribution in [-0.4, -0.2) is 49.7 Å². The molecule has 0 aliphatic carbocycles. The zero-order valence-electron chi connectivity index (χ0n) is 16.4. The molecule has 0 bridgehead atoms. The molecule has 28 heavy (non-hydrogen) atoms. The lowest BCUT2D eigenvalue weighted by Gasteiger charge is -2.26. The van der Waals surface area contributed by atoms with Crippen LogP contribution in [0.15, 0.2) is 42.5 Å².